The van der Waals surface area contributed by atoms with E-state index < -0.39 is 23.6 Å². The molecule has 228 valence electrons. The zero-order valence-electron chi connectivity index (χ0n) is 25.1. The quantitative estimate of drug-likeness (QED) is 0.123. The zero-order chi connectivity index (χ0) is 31.8. The number of fused-ring (bicyclic) bond motifs is 1. The molecule has 46 heavy (non-hydrogen) atoms. The first-order valence-electron chi connectivity index (χ1n) is 14.8. The molecule has 0 unspecified atom stereocenters. The summed E-state index contributed by atoms with van der Waals surface area (Å²) in [5.41, 5.74) is 3.99. The van der Waals surface area contributed by atoms with Crippen molar-refractivity contribution in [1.82, 2.24) is 20.3 Å². The van der Waals surface area contributed by atoms with E-state index >= 15 is 0 Å². The van der Waals surface area contributed by atoms with Gasteiger partial charge >= 0.3 is 12.0 Å². The predicted molar refractivity (Wildman–Crippen MR) is 178 cm³/mol. The van der Waals surface area contributed by atoms with Gasteiger partial charge in [0.15, 0.2) is 0 Å². The molecule has 0 saturated heterocycles. The number of carbonyl (C=O) groups excluding carboxylic acids is 2. The molecular formula is C37H32N6O3. The van der Waals surface area contributed by atoms with E-state index in [-0.39, 0.29) is 6.42 Å². The van der Waals surface area contributed by atoms with Gasteiger partial charge in [0.2, 0.25) is 0 Å². The van der Waals surface area contributed by atoms with E-state index in [0.29, 0.717) is 17.0 Å². The fourth-order valence-corrected chi connectivity index (χ4v) is 5.78. The van der Waals surface area contributed by atoms with Crippen LogP contribution < -0.4 is 16.0 Å². The number of ether oxygens (including phenoxy) is 1. The van der Waals surface area contributed by atoms with Crippen molar-refractivity contribution < 1.29 is 14.3 Å². The number of pyridine rings is 1. The Morgan fingerprint density at radius 2 is 1.35 bits per heavy atom. The molecule has 0 aliphatic carbocycles. The molecule has 2 heterocycles. The van der Waals surface area contributed by atoms with Crippen molar-refractivity contribution >= 4 is 34.4 Å². The molecule has 6 rings (SSSR count). The summed E-state index contributed by atoms with van der Waals surface area (Å²) in [5.74, 6) is -0.0391. The van der Waals surface area contributed by atoms with Crippen LogP contribution in [0, 0.1) is 0 Å². The number of hydrogen-bond acceptors (Lipinski definition) is 7. The van der Waals surface area contributed by atoms with E-state index in [0.717, 1.165) is 27.6 Å². The summed E-state index contributed by atoms with van der Waals surface area (Å²) >= 11 is 0. The Morgan fingerprint density at radius 1 is 0.717 bits per heavy atom. The highest BCUT2D eigenvalue weighted by Crippen LogP contribution is 2.38. The first kappa shape index (κ1) is 30.1. The summed E-state index contributed by atoms with van der Waals surface area (Å²) < 4.78 is 5.39. The lowest BCUT2D eigenvalue weighted by Gasteiger charge is -2.39. The topological polar surface area (TPSA) is 118 Å². The molecule has 1 atom stereocenters. The second-order valence-electron chi connectivity index (χ2n) is 10.6. The zero-order valence-corrected chi connectivity index (χ0v) is 25.1. The number of anilines is 2. The summed E-state index contributed by atoms with van der Waals surface area (Å²) in [5, 5.41) is 10.1. The Morgan fingerprint density at radius 3 is 1.91 bits per heavy atom. The van der Waals surface area contributed by atoms with Crippen LogP contribution in [0.3, 0.4) is 0 Å². The summed E-state index contributed by atoms with van der Waals surface area (Å²) in [6.45, 7) is 0. The number of hydrogen-bond donors (Lipinski definition) is 3. The van der Waals surface area contributed by atoms with Crippen molar-refractivity contribution in [2.24, 2.45) is 0 Å². The fraction of sp³-hybridized carbons (Fsp3) is 0.108. The molecule has 0 saturated carbocycles. The Balaban J connectivity index is 1.40. The number of benzene rings is 4. The van der Waals surface area contributed by atoms with Gasteiger partial charge in [-0.2, -0.15) is 0 Å². The lowest BCUT2D eigenvalue weighted by atomic mass is 9.76. The van der Waals surface area contributed by atoms with Gasteiger partial charge in [-0.1, -0.05) is 103 Å². The van der Waals surface area contributed by atoms with Gasteiger partial charge in [0, 0.05) is 17.8 Å². The minimum absolute atomic E-state index is 0.288. The average Bonchev–Trinajstić information content (AvgIpc) is 3.12. The molecule has 9 nitrogen and oxygen atoms in total. The second-order valence-corrected chi connectivity index (χ2v) is 10.6. The molecule has 3 N–H and O–H groups in total. The highest BCUT2D eigenvalue weighted by Gasteiger charge is 2.40. The smallest absolute Gasteiger partial charge is 0.324 e. The van der Waals surface area contributed by atoms with Gasteiger partial charge in [-0.25, -0.2) is 14.8 Å². The second kappa shape index (κ2) is 13.8. The van der Waals surface area contributed by atoms with E-state index in [1.54, 1.807) is 24.5 Å². The average molecular weight is 609 g/mol. The maximum Gasteiger partial charge on any atom is 0.324 e. The number of carbonyl (C=O) groups is 2. The van der Waals surface area contributed by atoms with Crippen LogP contribution in [0.2, 0.25) is 0 Å². The maximum absolute atomic E-state index is 13.6. The van der Waals surface area contributed by atoms with Crippen molar-refractivity contribution in [3.63, 3.8) is 0 Å². The summed E-state index contributed by atoms with van der Waals surface area (Å²) in [6.07, 6.45) is 4.86. The molecule has 9 heteroatoms. The number of urea groups is 1. The third-order valence-electron chi connectivity index (χ3n) is 7.85. The molecule has 0 bridgehead atoms. The van der Waals surface area contributed by atoms with Crippen LogP contribution in [0.25, 0.3) is 10.9 Å². The molecular weight excluding hydrogens is 576 g/mol. The maximum atomic E-state index is 13.6. The highest BCUT2D eigenvalue weighted by atomic mass is 16.5. The Hall–Kier alpha value is -5.93. The Bertz CT molecular complexity index is 1830. The van der Waals surface area contributed by atoms with Gasteiger partial charge in [0.25, 0.3) is 0 Å². The molecule has 0 aliphatic rings. The molecule has 0 fully saturated rings. The number of amides is 2. The first-order valence-corrected chi connectivity index (χ1v) is 14.8. The van der Waals surface area contributed by atoms with Crippen LogP contribution in [0.4, 0.5) is 16.3 Å². The van der Waals surface area contributed by atoms with Crippen LogP contribution >= 0.6 is 0 Å². The minimum Gasteiger partial charge on any atom is -0.468 e. The monoisotopic (exact) mass is 608 g/mol. The molecule has 0 radical (unpaired) electrons. The number of aromatic nitrogens is 3. The lowest BCUT2D eigenvalue weighted by molar-refractivity contribution is -0.143. The first-order chi connectivity index (χ1) is 22.6. The lowest BCUT2D eigenvalue weighted by Crippen LogP contribution is -2.53. The Kier molecular flexibility index (Phi) is 9.03. The number of methoxy groups -OCH3 is 1. The molecule has 0 spiro atoms. The van der Waals surface area contributed by atoms with Crippen molar-refractivity contribution in [2.75, 3.05) is 17.7 Å². The third kappa shape index (κ3) is 6.31. The van der Waals surface area contributed by atoms with Gasteiger partial charge < -0.3 is 10.1 Å². The summed E-state index contributed by atoms with van der Waals surface area (Å²) in [7, 11) is 1.40. The number of nitrogens with zero attached hydrogens (tertiary/aromatic N) is 3. The van der Waals surface area contributed by atoms with Crippen LogP contribution in [0.5, 0.6) is 0 Å². The molecule has 2 aromatic heterocycles. The van der Waals surface area contributed by atoms with Gasteiger partial charge in [-0.3, -0.25) is 20.4 Å². The SMILES string of the molecule is COC(=O)[C@H](Cc1ccc(NC(=O)Nc2ccncn2)c2ncccc12)NC(c1ccccc1)(c1ccccc1)c1ccccc1. The fourth-order valence-electron chi connectivity index (χ4n) is 5.78. The van der Waals surface area contributed by atoms with Gasteiger partial charge in [-0.05, 0) is 46.9 Å². The van der Waals surface area contributed by atoms with Gasteiger partial charge in [0.1, 0.15) is 18.2 Å². The molecule has 0 aliphatic heterocycles. The summed E-state index contributed by atoms with van der Waals surface area (Å²) in [4.78, 5) is 38.9. The number of nitrogens with one attached hydrogen (secondary N) is 3. The standard InChI is InChI=1S/C37H32N6O3/c1-46-35(44)32(43-37(27-12-5-2-6-13-27,28-14-7-3-8-15-28)29-16-9-4-10-17-29)24-26-19-20-31(34-30(26)18-11-22-39-34)41-36(45)42-33-21-23-38-25-40-33/h2-23,25,32,43H,24H2,1H3,(H2,38,40,41,42,45)/t32-/m0/s1. The van der Waals surface area contributed by atoms with E-state index in [1.165, 1.54) is 13.4 Å². The molecule has 6 aromatic rings. The number of esters is 1. The van der Waals surface area contributed by atoms with E-state index in [4.69, 9.17) is 4.74 Å². The molecule has 2 amide bonds. The predicted octanol–water partition coefficient (Wildman–Crippen LogP) is 6.33. The largest absolute Gasteiger partial charge is 0.468 e. The normalized spacial score (nSPS) is 11.8. The minimum atomic E-state index is -0.892. The van der Waals surface area contributed by atoms with Crippen LogP contribution in [0.1, 0.15) is 22.3 Å². The number of rotatable bonds is 10. The van der Waals surface area contributed by atoms with Crippen LogP contribution in [0.15, 0.2) is 140 Å². The van der Waals surface area contributed by atoms with Crippen molar-refractivity contribution in [1.29, 1.82) is 0 Å². The van der Waals surface area contributed by atoms with Crippen LogP contribution in [-0.2, 0) is 21.5 Å². The van der Waals surface area contributed by atoms with Crippen molar-refractivity contribution in [3.8, 4) is 0 Å². The van der Waals surface area contributed by atoms with Gasteiger partial charge in [-0.15, -0.1) is 0 Å². The van der Waals surface area contributed by atoms with Gasteiger partial charge in [0.05, 0.1) is 23.9 Å². The van der Waals surface area contributed by atoms with E-state index in [2.05, 4.69) is 67.3 Å². The van der Waals surface area contributed by atoms with Crippen molar-refractivity contribution in [3.05, 3.63) is 162 Å². The van der Waals surface area contributed by atoms with E-state index in [1.807, 2.05) is 72.8 Å². The van der Waals surface area contributed by atoms with Crippen LogP contribution in [-0.4, -0.2) is 40.1 Å². The molecule has 4 aromatic carbocycles. The van der Waals surface area contributed by atoms with E-state index in [9.17, 15) is 9.59 Å². The van der Waals surface area contributed by atoms with Crippen molar-refractivity contribution in [2.45, 2.75) is 18.0 Å². The third-order valence-corrected chi connectivity index (χ3v) is 7.85. The highest BCUT2D eigenvalue weighted by molar-refractivity contribution is 6.05. The summed E-state index contributed by atoms with van der Waals surface area (Å²) in [6, 6.07) is 38.1. The Labute approximate surface area is 266 Å².